The summed E-state index contributed by atoms with van der Waals surface area (Å²) < 4.78 is 25.6. The van der Waals surface area contributed by atoms with Crippen molar-refractivity contribution in [1.29, 1.82) is 0 Å². The van der Waals surface area contributed by atoms with Gasteiger partial charge in [-0.25, -0.2) is 8.78 Å². The summed E-state index contributed by atoms with van der Waals surface area (Å²) in [4.78, 5) is 10.1. The van der Waals surface area contributed by atoms with Gasteiger partial charge < -0.3 is 10.4 Å². The number of hydrogen-bond donors (Lipinski definition) is 2. The van der Waals surface area contributed by atoms with E-state index in [0.717, 1.165) is 18.2 Å². The molecular formula is C9H9F2NO2. The SMILES string of the molecule is O=C(O)CNCc1cc(F)ccc1F. The third-order valence-electron chi connectivity index (χ3n) is 1.60. The van der Waals surface area contributed by atoms with Gasteiger partial charge in [-0.05, 0) is 18.2 Å². The highest BCUT2D eigenvalue weighted by Gasteiger charge is 2.03. The molecule has 3 nitrogen and oxygen atoms in total. The van der Waals surface area contributed by atoms with Crippen molar-refractivity contribution in [3.63, 3.8) is 0 Å². The average Bonchev–Trinajstić information content (AvgIpc) is 2.10. The topological polar surface area (TPSA) is 49.3 Å². The Bertz CT molecular complexity index is 342. The maximum atomic E-state index is 12.9. The predicted octanol–water partition coefficient (Wildman–Crippen LogP) is 1.14. The van der Waals surface area contributed by atoms with E-state index in [1.165, 1.54) is 0 Å². The molecule has 2 N–H and O–H groups in total. The second kappa shape index (κ2) is 4.66. The van der Waals surface area contributed by atoms with E-state index in [-0.39, 0.29) is 18.7 Å². The van der Waals surface area contributed by atoms with Gasteiger partial charge in [0.25, 0.3) is 0 Å². The van der Waals surface area contributed by atoms with Crippen molar-refractivity contribution in [2.75, 3.05) is 6.54 Å². The first-order valence-corrected chi connectivity index (χ1v) is 3.96. The molecule has 14 heavy (non-hydrogen) atoms. The van der Waals surface area contributed by atoms with E-state index in [0.29, 0.717) is 0 Å². The zero-order chi connectivity index (χ0) is 10.6. The number of carboxylic acid groups (broad SMARTS) is 1. The van der Waals surface area contributed by atoms with Crippen LogP contribution in [-0.4, -0.2) is 17.6 Å². The maximum absolute atomic E-state index is 12.9. The Morgan fingerprint density at radius 3 is 2.79 bits per heavy atom. The number of halogens is 2. The van der Waals surface area contributed by atoms with Gasteiger partial charge in [-0.2, -0.15) is 0 Å². The van der Waals surface area contributed by atoms with E-state index in [1.54, 1.807) is 0 Å². The van der Waals surface area contributed by atoms with E-state index >= 15 is 0 Å². The Morgan fingerprint density at radius 1 is 1.43 bits per heavy atom. The molecule has 0 amide bonds. The van der Waals surface area contributed by atoms with Crippen molar-refractivity contribution in [3.8, 4) is 0 Å². The summed E-state index contributed by atoms with van der Waals surface area (Å²) in [5.41, 5.74) is 0.117. The van der Waals surface area contributed by atoms with Crippen LogP contribution >= 0.6 is 0 Å². The summed E-state index contributed by atoms with van der Waals surface area (Å²) in [6, 6.07) is 3.05. The molecule has 0 saturated carbocycles. The van der Waals surface area contributed by atoms with Crippen molar-refractivity contribution in [2.45, 2.75) is 6.54 Å². The number of rotatable bonds is 4. The Balaban J connectivity index is 2.57. The fourth-order valence-corrected chi connectivity index (χ4v) is 0.983. The largest absolute Gasteiger partial charge is 0.480 e. The predicted molar refractivity (Wildman–Crippen MR) is 45.7 cm³/mol. The lowest BCUT2D eigenvalue weighted by molar-refractivity contribution is -0.136. The Kier molecular flexibility index (Phi) is 3.53. The Hall–Kier alpha value is -1.49. The number of hydrogen-bond acceptors (Lipinski definition) is 2. The third-order valence-corrected chi connectivity index (χ3v) is 1.60. The first-order chi connectivity index (χ1) is 6.59. The highest BCUT2D eigenvalue weighted by atomic mass is 19.1. The molecule has 1 aromatic rings. The van der Waals surface area contributed by atoms with Crippen LogP contribution in [0.2, 0.25) is 0 Å². The van der Waals surface area contributed by atoms with Crippen LogP contribution in [-0.2, 0) is 11.3 Å². The summed E-state index contributed by atoms with van der Waals surface area (Å²) in [5, 5.41) is 10.7. The van der Waals surface area contributed by atoms with E-state index in [2.05, 4.69) is 5.32 Å². The molecule has 0 spiro atoms. The number of nitrogens with one attached hydrogen (secondary N) is 1. The monoisotopic (exact) mass is 201 g/mol. The molecule has 0 aliphatic rings. The molecule has 0 unspecified atom stereocenters. The van der Waals surface area contributed by atoms with Crippen molar-refractivity contribution in [2.24, 2.45) is 0 Å². The van der Waals surface area contributed by atoms with Gasteiger partial charge in [-0.15, -0.1) is 0 Å². The molecule has 0 fully saturated rings. The van der Waals surface area contributed by atoms with E-state index < -0.39 is 17.6 Å². The number of aliphatic carboxylic acids is 1. The van der Waals surface area contributed by atoms with Gasteiger partial charge in [0.1, 0.15) is 11.6 Å². The van der Waals surface area contributed by atoms with Crippen LogP contribution in [0.15, 0.2) is 18.2 Å². The van der Waals surface area contributed by atoms with Crippen LogP contribution in [0.5, 0.6) is 0 Å². The average molecular weight is 201 g/mol. The molecular weight excluding hydrogens is 192 g/mol. The molecule has 0 saturated heterocycles. The van der Waals surface area contributed by atoms with E-state index in [4.69, 9.17) is 5.11 Å². The van der Waals surface area contributed by atoms with E-state index in [1.807, 2.05) is 0 Å². The highest BCUT2D eigenvalue weighted by Crippen LogP contribution is 2.08. The molecule has 5 heteroatoms. The van der Waals surface area contributed by atoms with Gasteiger partial charge >= 0.3 is 5.97 Å². The molecule has 0 aromatic heterocycles. The number of carboxylic acids is 1. The van der Waals surface area contributed by atoms with Crippen molar-refractivity contribution in [3.05, 3.63) is 35.4 Å². The molecule has 1 rings (SSSR count). The molecule has 1 aromatic carbocycles. The second-order valence-corrected chi connectivity index (χ2v) is 2.73. The smallest absolute Gasteiger partial charge is 0.317 e. The van der Waals surface area contributed by atoms with Gasteiger partial charge in [0.15, 0.2) is 0 Å². The van der Waals surface area contributed by atoms with Crippen LogP contribution in [0, 0.1) is 11.6 Å². The Labute approximate surface area is 79.4 Å². The van der Waals surface area contributed by atoms with Crippen LogP contribution in [0.4, 0.5) is 8.78 Å². The standard InChI is InChI=1S/C9H9F2NO2/c10-7-1-2-8(11)6(3-7)4-12-5-9(13)14/h1-3,12H,4-5H2,(H,13,14). The normalized spacial score (nSPS) is 10.1. The first kappa shape index (κ1) is 10.6. The third kappa shape index (κ3) is 3.10. The minimum Gasteiger partial charge on any atom is -0.480 e. The van der Waals surface area contributed by atoms with Crippen molar-refractivity contribution in [1.82, 2.24) is 5.32 Å². The van der Waals surface area contributed by atoms with Gasteiger partial charge in [-0.3, -0.25) is 4.79 Å². The molecule has 0 aliphatic heterocycles. The zero-order valence-electron chi connectivity index (χ0n) is 7.26. The van der Waals surface area contributed by atoms with Gasteiger partial charge in [0, 0.05) is 12.1 Å². The van der Waals surface area contributed by atoms with E-state index in [9.17, 15) is 13.6 Å². The maximum Gasteiger partial charge on any atom is 0.317 e. The number of benzene rings is 1. The number of carbonyl (C=O) groups is 1. The lowest BCUT2D eigenvalue weighted by atomic mass is 10.2. The van der Waals surface area contributed by atoms with Gasteiger partial charge in [-0.1, -0.05) is 0 Å². The molecule has 0 radical (unpaired) electrons. The first-order valence-electron chi connectivity index (χ1n) is 3.96. The summed E-state index contributed by atoms with van der Waals surface area (Å²) in [7, 11) is 0. The summed E-state index contributed by atoms with van der Waals surface area (Å²) in [6.07, 6.45) is 0. The highest BCUT2D eigenvalue weighted by molar-refractivity contribution is 5.68. The molecule has 0 atom stereocenters. The Morgan fingerprint density at radius 2 is 2.14 bits per heavy atom. The summed E-state index contributed by atoms with van der Waals surface area (Å²) in [5.74, 6) is -2.13. The molecule has 0 heterocycles. The van der Waals surface area contributed by atoms with Crippen LogP contribution < -0.4 is 5.32 Å². The summed E-state index contributed by atoms with van der Waals surface area (Å²) >= 11 is 0. The van der Waals surface area contributed by atoms with Crippen molar-refractivity contribution < 1.29 is 18.7 Å². The lowest BCUT2D eigenvalue weighted by Crippen LogP contribution is -2.22. The molecule has 76 valence electrons. The van der Waals surface area contributed by atoms with Crippen LogP contribution in [0.3, 0.4) is 0 Å². The molecule has 0 aliphatic carbocycles. The fraction of sp³-hybridized carbons (Fsp3) is 0.222. The second-order valence-electron chi connectivity index (χ2n) is 2.73. The van der Waals surface area contributed by atoms with Crippen LogP contribution in [0.25, 0.3) is 0 Å². The van der Waals surface area contributed by atoms with Gasteiger partial charge in [0.05, 0.1) is 6.54 Å². The van der Waals surface area contributed by atoms with Crippen LogP contribution in [0.1, 0.15) is 5.56 Å². The minimum absolute atomic E-state index is 0.00407. The quantitative estimate of drug-likeness (QED) is 0.767. The van der Waals surface area contributed by atoms with Crippen molar-refractivity contribution >= 4 is 5.97 Å². The minimum atomic E-state index is -1.04. The molecule has 0 bridgehead atoms. The van der Waals surface area contributed by atoms with Gasteiger partial charge in [0.2, 0.25) is 0 Å². The zero-order valence-corrected chi connectivity index (χ0v) is 7.26. The lowest BCUT2D eigenvalue weighted by Gasteiger charge is -2.03. The summed E-state index contributed by atoms with van der Waals surface area (Å²) in [6.45, 7) is -0.286. The fourth-order valence-electron chi connectivity index (χ4n) is 0.983.